The summed E-state index contributed by atoms with van der Waals surface area (Å²) in [7, 11) is 1.70. The third kappa shape index (κ3) is 5.53. The topological polar surface area (TPSA) is 15.3 Å². The summed E-state index contributed by atoms with van der Waals surface area (Å²) in [5.74, 6) is -0.363. The molecule has 0 radical (unpaired) electrons. The van der Waals surface area contributed by atoms with Gasteiger partial charge in [0.1, 0.15) is 5.82 Å². The van der Waals surface area contributed by atoms with Gasteiger partial charge in [0.25, 0.3) is 0 Å². The van der Waals surface area contributed by atoms with Crippen LogP contribution in [0.3, 0.4) is 0 Å². The summed E-state index contributed by atoms with van der Waals surface area (Å²) in [6.45, 7) is -0.448. The standard InChI is InChI=1S/C11H14F4N2/c1-17(6-5-16-8-11(13,14)15)10-4-2-3-9(12)7-10/h2-4,7,16H,5-6,8H2,1H3. The number of hydrogen-bond donors (Lipinski definition) is 1. The molecule has 0 bridgehead atoms. The van der Waals surface area contributed by atoms with Crippen molar-refractivity contribution in [2.45, 2.75) is 6.18 Å². The molecule has 0 spiro atoms. The highest BCUT2D eigenvalue weighted by atomic mass is 19.4. The largest absolute Gasteiger partial charge is 0.401 e. The molecule has 0 aliphatic carbocycles. The van der Waals surface area contributed by atoms with Crippen LogP contribution in [0.15, 0.2) is 24.3 Å². The lowest BCUT2D eigenvalue weighted by molar-refractivity contribution is -0.124. The molecule has 1 aromatic rings. The number of nitrogens with zero attached hydrogens (tertiary/aromatic N) is 1. The van der Waals surface area contributed by atoms with E-state index in [9.17, 15) is 17.6 Å². The molecule has 0 fully saturated rings. The van der Waals surface area contributed by atoms with Crippen LogP contribution in [-0.2, 0) is 0 Å². The van der Waals surface area contributed by atoms with E-state index in [2.05, 4.69) is 5.32 Å². The number of halogens is 4. The highest BCUT2D eigenvalue weighted by molar-refractivity contribution is 5.45. The van der Waals surface area contributed by atoms with Gasteiger partial charge < -0.3 is 10.2 Å². The van der Waals surface area contributed by atoms with Crippen LogP contribution in [0.25, 0.3) is 0 Å². The number of likely N-dealkylation sites (N-methyl/N-ethyl adjacent to an activating group) is 1. The second-order valence-corrected chi connectivity index (χ2v) is 3.69. The van der Waals surface area contributed by atoms with Crippen LogP contribution in [-0.4, -0.2) is 32.9 Å². The summed E-state index contributed by atoms with van der Waals surface area (Å²) in [4.78, 5) is 1.69. The van der Waals surface area contributed by atoms with Crippen molar-refractivity contribution in [1.82, 2.24) is 5.32 Å². The van der Waals surface area contributed by atoms with Gasteiger partial charge in [-0.3, -0.25) is 0 Å². The molecular weight excluding hydrogens is 236 g/mol. The minimum Gasteiger partial charge on any atom is -0.373 e. The third-order valence-corrected chi connectivity index (χ3v) is 2.20. The van der Waals surface area contributed by atoms with Crippen molar-refractivity contribution in [3.8, 4) is 0 Å². The molecule has 2 nitrogen and oxygen atoms in total. The molecule has 0 aromatic heterocycles. The second-order valence-electron chi connectivity index (χ2n) is 3.69. The lowest BCUT2D eigenvalue weighted by atomic mass is 10.3. The van der Waals surface area contributed by atoms with Gasteiger partial charge in [-0.1, -0.05) is 6.07 Å². The van der Waals surface area contributed by atoms with Gasteiger partial charge >= 0.3 is 6.18 Å². The average molecular weight is 250 g/mol. The van der Waals surface area contributed by atoms with Crippen LogP contribution < -0.4 is 10.2 Å². The molecule has 0 aliphatic heterocycles. The van der Waals surface area contributed by atoms with E-state index in [1.165, 1.54) is 12.1 Å². The number of alkyl halides is 3. The minimum atomic E-state index is -4.20. The van der Waals surface area contributed by atoms with Crippen molar-refractivity contribution in [2.75, 3.05) is 31.6 Å². The van der Waals surface area contributed by atoms with Gasteiger partial charge in [0.2, 0.25) is 0 Å². The van der Waals surface area contributed by atoms with Gasteiger partial charge in [0, 0.05) is 25.8 Å². The lowest BCUT2D eigenvalue weighted by Gasteiger charge is -2.19. The fraction of sp³-hybridized carbons (Fsp3) is 0.455. The summed E-state index contributed by atoms with van der Waals surface area (Å²) in [5.41, 5.74) is 0.638. The van der Waals surface area contributed by atoms with Crippen molar-refractivity contribution in [3.05, 3.63) is 30.1 Å². The molecule has 0 amide bonds. The summed E-state index contributed by atoms with van der Waals surface area (Å²) in [5, 5.41) is 2.28. The van der Waals surface area contributed by atoms with Crippen LogP contribution in [0.5, 0.6) is 0 Å². The molecule has 1 N–H and O–H groups in total. The quantitative estimate of drug-likeness (QED) is 0.637. The third-order valence-electron chi connectivity index (χ3n) is 2.20. The monoisotopic (exact) mass is 250 g/mol. The zero-order valence-electron chi connectivity index (χ0n) is 9.39. The van der Waals surface area contributed by atoms with E-state index in [1.807, 2.05) is 0 Å². The number of benzene rings is 1. The minimum absolute atomic E-state index is 0.187. The van der Waals surface area contributed by atoms with Crippen molar-refractivity contribution in [3.63, 3.8) is 0 Å². The van der Waals surface area contributed by atoms with E-state index in [0.29, 0.717) is 12.2 Å². The van der Waals surface area contributed by atoms with Crippen molar-refractivity contribution >= 4 is 5.69 Å². The predicted molar refractivity (Wildman–Crippen MR) is 58.6 cm³/mol. The van der Waals surface area contributed by atoms with Gasteiger partial charge in [0.15, 0.2) is 0 Å². The van der Waals surface area contributed by atoms with E-state index in [-0.39, 0.29) is 12.4 Å². The Balaban J connectivity index is 2.33. The van der Waals surface area contributed by atoms with Crippen molar-refractivity contribution in [1.29, 1.82) is 0 Å². The van der Waals surface area contributed by atoms with Crippen LogP contribution in [0.1, 0.15) is 0 Å². The number of hydrogen-bond acceptors (Lipinski definition) is 2. The Kier molecular flexibility index (Phi) is 4.74. The zero-order chi connectivity index (χ0) is 12.9. The molecule has 17 heavy (non-hydrogen) atoms. The Bertz CT molecular complexity index is 352. The Morgan fingerprint density at radius 3 is 2.59 bits per heavy atom. The maximum Gasteiger partial charge on any atom is 0.401 e. The summed E-state index contributed by atoms with van der Waals surface area (Å²) in [6.07, 6.45) is -4.20. The normalized spacial score (nSPS) is 11.6. The fourth-order valence-corrected chi connectivity index (χ4v) is 1.32. The SMILES string of the molecule is CN(CCNCC(F)(F)F)c1cccc(F)c1. The molecule has 1 rings (SSSR count). The summed E-state index contributed by atoms with van der Waals surface area (Å²) < 4.78 is 48.4. The Morgan fingerprint density at radius 2 is 2.00 bits per heavy atom. The van der Waals surface area contributed by atoms with E-state index in [1.54, 1.807) is 24.1 Å². The maximum absolute atomic E-state index is 12.9. The zero-order valence-corrected chi connectivity index (χ0v) is 9.39. The molecular formula is C11H14F4N2. The first-order valence-corrected chi connectivity index (χ1v) is 5.13. The number of anilines is 1. The smallest absolute Gasteiger partial charge is 0.373 e. The molecule has 0 saturated carbocycles. The van der Waals surface area contributed by atoms with Crippen LogP contribution in [0.2, 0.25) is 0 Å². The Hall–Kier alpha value is -1.30. The first kappa shape index (κ1) is 13.8. The van der Waals surface area contributed by atoms with Crippen LogP contribution in [0.4, 0.5) is 23.2 Å². The molecule has 0 aliphatic rings. The molecule has 1 aromatic carbocycles. The molecule has 0 atom stereocenters. The van der Waals surface area contributed by atoms with E-state index >= 15 is 0 Å². The first-order valence-electron chi connectivity index (χ1n) is 5.13. The average Bonchev–Trinajstić information content (AvgIpc) is 2.23. The molecule has 0 saturated heterocycles. The number of rotatable bonds is 5. The second kappa shape index (κ2) is 5.86. The maximum atomic E-state index is 12.9. The molecule has 96 valence electrons. The number of nitrogens with one attached hydrogen (secondary N) is 1. The molecule has 0 unspecified atom stereocenters. The Morgan fingerprint density at radius 1 is 1.29 bits per heavy atom. The van der Waals surface area contributed by atoms with Gasteiger partial charge in [-0.15, -0.1) is 0 Å². The lowest BCUT2D eigenvalue weighted by Crippen LogP contribution is -2.35. The van der Waals surface area contributed by atoms with Crippen LogP contribution >= 0.6 is 0 Å². The van der Waals surface area contributed by atoms with E-state index in [4.69, 9.17) is 0 Å². The van der Waals surface area contributed by atoms with Gasteiger partial charge in [-0.2, -0.15) is 13.2 Å². The fourth-order valence-electron chi connectivity index (χ4n) is 1.32. The molecule has 0 heterocycles. The van der Waals surface area contributed by atoms with Crippen molar-refractivity contribution in [2.24, 2.45) is 0 Å². The van der Waals surface area contributed by atoms with Gasteiger partial charge in [-0.25, -0.2) is 4.39 Å². The summed E-state index contributed by atoms with van der Waals surface area (Å²) >= 11 is 0. The van der Waals surface area contributed by atoms with Gasteiger partial charge in [-0.05, 0) is 18.2 Å². The molecule has 6 heteroatoms. The Labute approximate surface area is 97.2 Å². The van der Waals surface area contributed by atoms with Crippen molar-refractivity contribution < 1.29 is 17.6 Å². The van der Waals surface area contributed by atoms with E-state index in [0.717, 1.165) is 0 Å². The van der Waals surface area contributed by atoms with Crippen LogP contribution in [0, 0.1) is 5.82 Å². The first-order chi connectivity index (χ1) is 7.88. The predicted octanol–water partition coefficient (Wildman–Crippen LogP) is 2.41. The summed E-state index contributed by atoms with van der Waals surface area (Å²) in [6, 6.07) is 5.92. The highest BCUT2D eigenvalue weighted by Crippen LogP contribution is 2.14. The van der Waals surface area contributed by atoms with Gasteiger partial charge in [0.05, 0.1) is 6.54 Å². The highest BCUT2D eigenvalue weighted by Gasteiger charge is 2.25. The van der Waals surface area contributed by atoms with E-state index < -0.39 is 12.7 Å².